The van der Waals surface area contributed by atoms with E-state index >= 15 is 0 Å². The van der Waals surface area contributed by atoms with Crippen LogP contribution in [0.5, 0.6) is 0 Å². The number of carbonyl (C=O) groups excluding carboxylic acids is 1. The van der Waals surface area contributed by atoms with Gasteiger partial charge in [0, 0.05) is 12.3 Å². The Kier molecular flexibility index (Phi) is 3.29. The van der Waals surface area contributed by atoms with Gasteiger partial charge in [-0.3, -0.25) is 4.79 Å². The van der Waals surface area contributed by atoms with Gasteiger partial charge in [0.05, 0.1) is 0 Å². The lowest BCUT2D eigenvalue weighted by molar-refractivity contribution is -0.127. The molecule has 1 heteroatoms. The normalized spacial score (nSPS) is 34.7. The first kappa shape index (κ1) is 10.5. The topological polar surface area (TPSA) is 17.1 Å². The highest BCUT2D eigenvalue weighted by Crippen LogP contribution is 2.36. The van der Waals surface area contributed by atoms with Crippen LogP contribution in [-0.2, 0) is 4.79 Å². The fourth-order valence-corrected chi connectivity index (χ4v) is 2.24. The van der Waals surface area contributed by atoms with Gasteiger partial charge in [0.25, 0.3) is 0 Å². The quantitative estimate of drug-likeness (QED) is 0.596. The fraction of sp³-hybridized carbons (Fsp3) is 0.750. The largest absolute Gasteiger partial charge is 0.299 e. The van der Waals surface area contributed by atoms with E-state index in [0.29, 0.717) is 17.6 Å². The Balaban J connectivity index is 2.69. The third kappa shape index (κ3) is 2.20. The van der Waals surface area contributed by atoms with Crippen LogP contribution in [0.2, 0.25) is 0 Å². The Morgan fingerprint density at radius 2 is 2.23 bits per heavy atom. The van der Waals surface area contributed by atoms with Crippen LogP contribution in [0.1, 0.15) is 40.0 Å². The molecular weight excluding hydrogens is 160 g/mol. The summed E-state index contributed by atoms with van der Waals surface area (Å²) in [6.45, 7) is 10.2. The molecular formula is C12H20O. The average Bonchev–Trinajstić information content (AvgIpc) is 2.09. The maximum absolute atomic E-state index is 11.6. The van der Waals surface area contributed by atoms with E-state index in [9.17, 15) is 4.79 Å². The molecule has 0 aromatic carbocycles. The molecule has 13 heavy (non-hydrogen) atoms. The maximum atomic E-state index is 11.6. The molecule has 1 rings (SSSR count). The molecule has 0 amide bonds. The molecule has 1 fully saturated rings. The molecule has 0 heterocycles. The van der Waals surface area contributed by atoms with Gasteiger partial charge in [0.15, 0.2) is 0 Å². The van der Waals surface area contributed by atoms with E-state index in [2.05, 4.69) is 20.4 Å². The Morgan fingerprint density at radius 1 is 1.62 bits per heavy atom. The molecule has 0 spiro atoms. The van der Waals surface area contributed by atoms with Crippen molar-refractivity contribution in [2.24, 2.45) is 17.8 Å². The lowest BCUT2D eigenvalue weighted by Crippen LogP contribution is -2.31. The summed E-state index contributed by atoms with van der Waals surface area (Å²) in [5.41, 5.74) is 1.18. The van der Waals surface area contributed by atoms with E-state index < -0.39 is 0 Å². The Morgan fingerprint density at radius 3 is 2.69 bits per heavy atom. The molecule has 0 bridgehead atoms. The molecule has 3 atom stereocenters. The Bertz CT molecular complexity index is 217. The van der Waals surface area contributed by atoms with Crippen LogP contribution in [-0.4, -0.2) is 5.78 Å². The second kappa shape index (κ2) is 4.08. The van der Waals surface area contributed by atoms with Crippen LogP contribution < -0.4 is 0 Å². The standard InChI is InChI=1S/C12H20O/c1-5-10-6-11(8(2)3)7-12(13)9(10)4/h9-11H,2,5-7H2,1,3-4H3/t9?,10?,11-/m1/s1. The van der Waals surface area contributed by atoms with Gasteiger partial charge in [-0.15, -0.1) is 0 Å². The summed E-state index contributed by atoms with van der Waals surface area (Å²) < 4.78 is 0. The van der Waals surface area contributed by atoms with Crippen molar-refractivity contribution < 1.29 is 4.79 Å². The highest BCUT2D eigenvalue weighted by Gasteiger charge is 2.32. The average molecular weight is 180 g/mol. The minimum Gasteiger partial charge on any atom is -0.299 e. The zero-order valence-electron chi connectivity index (χ0n) is 8.97. The summed E-state index contributed by atoms with van der Waals surface area (Å²) in [6, 6.07) is 0. The van der Waals surface area contributed by atoms with E-state index in [1.165, 1.54) is 12.0 Å². The van der Waals surface area contributed by atoms with Crippen molar-refractivity contribution >= 4 is 5.78 Å². The van der Waals surface area contributed by atoms with Crippen molar-refractivity contribution in [3.63, 3.8) is 0 Å². The highest BCUT2D eigenvalue weighted by molar-refractivity contribution is 5.82. The second-order valence-corrected chi connectivity index (χ2v) is 4.41. The molecule has 0 aromatic heterocycles. The van der Waals surface area contributed by atoms with Crippen molar-refractivity contribution in [1.29, 1.82) is 0 Å². The van der Waals surface area contributed by atoms with Gasteiger partial charge >= 0.3 is 0 Å². The van der Waals surface area contributed by atoms with E-state index in [4.69, 9.17) is 0 Å². The van der Waals surface area contributed by atoms with Crippen LogP contribution in [0.15, 0.2) is 12.2 Å². The van der Waals surface area contributed by atoms with Gasteiger partial charge in [-0.2, -0.15) is 0 Å². The molecule has 1 aliphatic carbocycles. The fourth-order valence-electron chi connectivity index (χ4n) is 2.24. The molecule has 0 aromatic rings. The minimum absolute atomic E-state index is 0.278. The van der Waals surface area contributed by atoms with Crippen molar-refractivity contribution in [1.82, 2.24) is 0 Å². The van der Waals surface area contributed by atoms with Gasteiger partial charge in [-0.05, 0) is 25.2 Å². The third-order valence-electron chi connectivity index (χ3n) is 3.47. The van der Waals surface area contributed by atoms with E-state index in [-0.39, 0.29) is 5.92 Å². The van der Waals surface area contributed by atoms with Gasteiger partial charge in [-0.25, -0.2) is 0 Å². The molecule has 74 valence electrons. The molecule has 1 nitrogen and oxygen atoms in total. The molecule has 1 aliphatic rings. The summed E-state index contributed by atoms with van der Waals surface area (Å²) in [5.74, 6) is 1.75. The van der Waals surface area contributed by atoms with Crippen molar-refractivity contribution in [3.8, 4) is 0 Å². The van der Waals surface area contributed by atoms with Gasteiger partial charge < -0.3 is 0 Å². The highest BCUT2D eigenvalue weighted by atomic mass is 16.1. The minimum atomic E-state index is 0.278. The van der Waals surface area contributed by atoms with E-state index in [0.717, 1.165) is 12.8 Å². The number of carbonyl (C=O) groups is 1. The lowest BCUT2D eigenvalue weighted by Gasteiger charge is -2.32. The summed E-state index contributed by atoms with van der Waals surface area (Å²) >= 11 is 0. The van der Waals surface area contributed by atoms with Crippen LogP contribution in [0.3, 0.4) is 0 Å². The SMILES string of the molecule is C=C(C)[C@H]1CC(=O)C(C)C(CC)C1. The summed E-state index contributed by atoms with van der Waals surface area (Å²) in [7, 11) is 0. The summed E-state index contributed by atoms with van der Waals surface area (Å²) in [5, 5.41) is 0. The Hall–Kier alpha value is -0.590. The zero-order chi connectivity index (χ0) is 10.0. The van der Waals surface area contributed by atoms with Crippen LogP contribution in [0.4, 0.5) is 0 Å². The zero-order valence-corrected chi connectivity index (χ0v) is 8.97. The summed E-state index contributed by atoms with van der Waals surface area (Å²) in [6.07, 6.45) is 3.02. The smallest absolute Gasteiger partial charge is 0.136 e. The third-order valence-corrected chi connectivity index (χ3v) is 3.47. The van der Waals surface area contributed by atoms with Gasteiger partial charge in [0.2, 0.25) is 0 Å². The number of Topliss-reactive ketones (excluding diaryl/α,β-unsaturated/α-hetero) is 1. The first-order valence-corrected chi connectivity index (χ1v) is 5.24. The summed E-state index contributed by atoms with van der Waals surface area (Å²) in [4.78, 5) is 11.6. The lowest BCUT2D eigenvalue weighted by atomic mass is 9.71. The number of hydrogen-bond donors (Lipinski definition) is 0. The van der Waals surface area contributed by atoms with Crippen LogP contribution in [0, 0.1) is 17.8 Å². The molecule has 1 saturated carbocycles. The molecule has 0 saturated heterocycles. The van der Waals surface area contributed by atoms with Gasteiger partial charge in [-0.1, -0.05) is 32.4 Å². The van der Waals surface area contributed by atoms with Crippen molar-refractivity contribution in [3.05, 3.63) is 12.2 Å². The number of rotatable bonds is 2. The molecule has 0 radical (unpaired) electrons. The number of allylic oxidation sites excluding steroid dienone is 1. The predicted molar refractivity (Wildman–Crippen MR) is 55.5 cm³/mol. The second-order valence-electron chi connectivity index (χ2n) is 4.41. The van der Waals surface area contributed by atoms with Crippen LogP contribution >= 0.6 is 0 Å². The number of hydrogen-bond acceptors (Lipinski definition) is 1. The van der Waals surface area contributed by atoms with E-state index in [1.54, 1.807) is 0 Å². The maximum Gasteiger partial charge on any atom is 0.136 e. The number of ketones is 1. The first-order chi connectivity index (χ1) is 6.06. The molecule has 2 unspecified atom stereocenters. The van der Waals surface area contributed by atoms with Crippen LogP contribution in [0.25, 0.3) is 0 Å². The van der Waals surface area contributed by atoms with Gasteiger partial charge in [0.1, 0.15) is 5.78 Å². The first-order valence-electron chi connectivity index (χ1n) is 5.24. The van der Waals surface area contributed by atoms with Crippen molar-refractivity contribution in [2.75, 3.05) is 0 Å². The molecule has 0 aliphatic heterocycles. The van der Waals surface area contributed by atoms with Crippen molar-refractivity contribution in [2.45, 2.75) is 40.0 Å². The predicted octanol–water partition coefficient (Wildman–Crippen LogP) is 3.20. The Labute approximate surface area is 81.2 Å². The molecule has 0 N–H and O–H groups in total. The monoisotopic (exact) mass is 180 g/mol. The van der Waals surface area contributed by atoms with E-state index in [1.807, 2.05) is 6.92 Å².